The van der Waals surface area contributed by atoms with E-state index in [2.05, 4.69) is 10.6 Å². The Morgan fingerprint density at radius 2 is 1.72 bits per heavy atom. The van der Waals surface area contributed by atoms with Gasteiger partial charge in [-0.05, 0) is 61.9 Å². The van der Waals surface area contributed by atoms with E-state index >= 15 is 0 Å². The first-order chi connectivity index (χ1) is 17.4. The minimum atomic E-state index is -1.10. The highest BCUT2D eigenvalue weighted by Crippen LogP contribution is 2.36. The van der Waals surface area contributed by atoms with E-state index in [1.54, 1.807) is 24.3 Å². The van der Waals surface area contributed by atoms with E-state index in [-0.39, 0.29) is 41.7 Å². The van der Waals surface area contributed by atoms with Crippen LogP contribution in [0.1, 0.15) is 48.0 Å². The first-order valence-electron chi connectivity index (χ1n) is 12.8. The molecule has 2 aromatic carbocycles. The number of aliphatic hydroxyl groups is 1. The van der Waals surface area contributed by atoms with Crippen LogP contribution in [-0.2, 0) is 20.7 Å². The van der Waals surface area contributed by atoms with E-state index in [1.807, 2.05) is 35.2 Å². The highest BCUT2D eigenvalue weighted by Gasteiger charge is 2.44. The lowest BCUT2D eigenvalue weighted by Gasteiger charge is -2.38. The maximum Gasteiger partial charge on any atom is 0.253 e. The average Bonchev–Trinajstić information content (AvgIpc) is 3.68. The largest absolute Gasteiger partial charge is 0.383 e. The fourth-order valence-electron chi connectivity index (χ4n) is 5.10. The van der Waals surface area contributed by atoms with Crippen LogP contribution in [0.3, 0.4) is 0 Å². The number of nitrogens with one attached hydrogen (secondary N) is 2. The normalized spacial score (nSPS) is 21.7. The Kier molecular flexibility index (Phi) is 7.07. The minimum Gasteiger partial charge on any atom is -0.383 e. The molecule has 8 nitrogen and oxygen atoms in total. The number of ether oxygens (including phenoxy) is 1. The van der Waals surface area contributed by atoms with Crippen LogP contribution in [0.2, 0.25) is 0 Å². The first kappa shape index (κ1) is 24.5. The summed E-state index contributed by atoms with van der Waals surface area (Å²) in [6.07, 6.45) is 3.15. The van der Waals surface area contributed by atoms with Crippen LogP contribution in [0.15, 0.2) is 54.6 Å². The van der Waals surface area contributed by atoms with E-state index in [9.17, 15) is 19.5 Å². The van der Waals surface area contributed by atoms with Gasteiger partial charge in [-0.2, -0.15) is 0 Å². The maximum absolute atomic E-state index is 13.0. The standard InChI is InChI=1S/C28H33N3O5/c32-24(16-19-4-2-1-3-5-19)26(34)30-23-17-28(36-18-23)12-14-31(15-13-28)27(35)21-8-10-22(11-9-21)29-25(33)20-6-7-20/h1-5,8-11,20,23-24,32H,6-7,12-18H2,(H,29,33)(H,30,34)/t23-,24?/m1/s1. The number of piperidine rings is 1. The molecule has 190 valence electrons. The van der Waals surface area contributed by atoms with Crippen LogP contribution >= 0.6 is 0 Å². The third kappa shape index (κ3) is 5.77. The highest BCUT2D eigenvalue weighted by molar-refractivity contribution is 5.96. The molecule has 3 fully saturated rings. The number of benzene rings is 2. The zero-order chi connectivity index (χ0) is 25.1. The Morgan fingerprint density at radius 1 is 1.03 bits per heavy atom. The van der Waals surface area contributed by atoms with Crippen molar-refractivity contribution in [2.45, 2.75) is 56.3 Å². The maximum atomic E-state index is 13.0. The number of carbonyl (C=O) groups is 3. The van der Waals surface area contributed by atoms with Gasteiger partial charge in [0.25, 0.3) is 5.91 Å². The molecule has 36 heavy (non-hydrogen) atoms. The monoisotopic (exact) mass is 491 g/mol. The lowest BCUT2D eigenvalue weighted by Crippen LogP contribution is -2.47. The second-order valence-electron chi connectivity index (χ2n) is 10.2. The fourth-order valence-corrected chi connectivity index (χ4v) is 5.10. The van der Waals surface area contributed by atoms with Crippen molar-refractivity contribution in [2.75, 3.05) is 25.0 Å². The number of amides is 3. The number of aliphatic hydroxyl groups excluding tert-OH is 1. The Hall–Kier alpha value is -3.23. The first-order valence-corrected chi connectivity index (χ1v) is 12.8. The van der Waals surface area contributed by atoms with Crippen molar-refractivity contribution in [3.05, 3.63) is 65.7 Å². The molecule has 3 N–H and O–H groups in total. The Bertz CT molecular complexity index is 1090. The zero-order valence-corrected chi connectivity index (χ0v) is 20.3. The lowest BCUT2D eigenvalue weighted by atomic mass is 9.87. The van der Waals surface area contributed by atoms with Gasteiger partial charge in [0.1, 0.15) is 6.10 Å². The molecule has 0 radical (unpaired) electrons. The summed E-state index contributed by atoms with van der Waals surface area (Å²) in [7, 11) is 0. The summed E-state index contributed by atoms with van der Waals surface area (Å²) in [5, 5.41) is 16.1. The van der Waals surface area contributed by atoms with Crippen LogP contribution in [0.4, 0.5) is 5.69 Å². The molecule has 8 heteroatoms. The van der Waals surface area contributed by atoms with Crippen LogP contribution in [0.25, 0.3) is 0 Å². The van der Waals surface area contributed by atoms with E-state index in [0.29, 0.717) is 50.2 Å². The van der Waals surface area contributed by atoms with Gasteiger partial charge in [-0.3, -0.25) is 14.4 Å². The summed E-state index contributed by atoms with van der Waals surface area (Å²) in [6, 6.07) is 16.4. The number of hydrogen-bond acceptors (Lipinski definition) is 5. The number of rotatable bonds is 7. The topological polar surface area (TPSA) is 108 Å². The third-order valence-electron chi connectivity index (χ3n) is 7.44. The Balaban J connectivity index is 1.08. The molecule has 2 saturated heterocycles. The molecule has 2 atom stereocenters. The van der Waals surface area contributed by atoms with Crippen molar-refractivity contribution < 1.29 is 24.2 Å². The average molecular weight is 492 g/mol. The van der Waals surface area contributed by atoms with Gasteiger partial charge >= 0.3 is 0 Å². The quantitative estimate of drug-likeness (QED) is 0.552. The number of nitrogens with zero attached hydrogens (tertiary/aromatic N) is 1. The van der Waals surface area contributed by atoms with Gasteiger partial charge in [0.15, 0.2) is 0 Å². The SMILES string of the molecule is O=C(N[C@H]1COC2(CCN(C(=O)c3ccc(NC(=O)C4CC4)cc3)CC2)C1)C(O)Cc1ccccc1. The Labute approximate surface area is 211 Å². The van der Waals surface area contributed by atoms with Gasteiger partial charge in [-0.1, -0.05) is 30.3 Å². The summed E-state index contributed by atoms with van der Waals surface area (Å²) in [5.41, 5.74) is 1.87. The number of hydrogen-bond donors (Lipinski definition) is 3. The molecule has 1 saturated carbocycles. The molecular weight excluding hydrogens is 458 g/mol. The van der Waals surface area contributed by atoms with Gasteiger partial charge in [0, 0.05) is 36.7 Å². The molecule has 3 aliphatic rings. The molecule has 3 amide bonds. The lowest BCUT2D eigenvalue weighted by molar-refractivity contribution is -0.130. The Morgan fingerprint density at radius 3 is 2.39 bits per heavy atom. The van der Waals surface area contributed by atoms with Gasteiger partial charge in [0.2, 0.25) is 11.8 Å². The molecule has 2 aromatic rings. The summed E-state index contributed by atoms with van der Waals surface area (Å²) < 4.78 is 6.13. The second-order valence-corrected chi connectivity index (χ2v) is 10.2. The van der Waals surface area contributed by atoms with Crippen molar-refractivity contribution >= 4 is 23.4 Å². The van der Waals surface area contributed by atoms with E-state index in [0.717, 1.165) is 18.4 Å². The van der Waals surface area contributed by atoms with Crippen molar-refractivity contribution in [1.82, 2.24) is 10.2 Å². The molecule has 0 aromatic heterocycles. The van der Waals surface area contributed by atoms with Gasteiger partial charge in [0.05, 0.1) is 18.2 Å². The number of carbonyl (C=O) groups excluding carboxylic acids is 3. The third-order valence-corrected chi connectivity index (χ3v) is 7.44. The molecule has 2 heterocycles. The predicted molar refractivity (Wildman–Crippen MR) is 134 cm³/mol. The van der Waals surface area contributed by atoms with E-state index < -0.39 is 6.10 Å². The molecule has 2 aliphatic heterocycles. The van der Waals surface area contributed by atoms with Crippen LogP contribution < -0.4 is 10.6 Å². The summed E-state index contributed by atoms with van der Waals surface area (Å²) in [6.45, 7) is 1.57. The highest BCUT2D eigenvalue weighted by atomic mass is 16.5. The second kappa shape index (κ2) is 10.4. The molecule has 1 unspecified atom stereocenters. The van der Waals surface area contributed by atoms with Crippen molar-refractivity contribution in [1.29, 1.82) is 0 Å². The van der Waals surface area contributed by atoms with Crippen molar-refractivity contribution in [3.8, 4) is 0 Å². The van der Waals surface area contributed by atoms with Gasteiger partial charge in [-0.15, -0.1) is 0 Å². The smallest absolute Gasteiger partial charge is 0.253 e. The molecule has 1 spiro atoms. The van der Waals surface area contributed by atoms with Crippen LogP contribution in [-0.4, -0.2) is 65.2 Å². The number of anilines is 1. The molecule has 5 rings (SSSR count). The van der Waals surface area contributed by atoms with E-state index in [1.165, 1.54) is 0 Å². The van der Waals surface area contributed by atoms with Crippen molar-refractivity contribution in [3.63, 3.8) is 0 Å². The van der Waals surface area contributed by atoms with Crippen LogP contribution in [0.5, 0.6) is 0 Å². The van der Waals surface area contributed by atoms with Crippen molar-refractivity contribution in [2.24, 2.45) is 5.92 Å². The zero-order valence-electron chi connectivity index (χ0n) is 20.3. The molecular formula is C28H33N3O5. The predicted octanol–water partition coefficient (Wildman–Crippen LogP) is 2.52. The van der Waals surface area contributed by atoms with Gasteiger partial charge < -0.3 is 25.4 Å². The summed E-state index contributed by atoms with van der Waals surface area (Å²) in [5.74, 6) is -0.227. The van der Waals surface area contributed by atoms with Crippen LogP contribution in [0, 0.1) is 5.92 Å². The number of likely N-dealkylation sites (tertiary alicyclic amines) is 1. The fraction of sp³-hybridized carbons (Fsp3) is 0.464. The summed E-state index contributed by atoms with van der Waals surface area (Å²) in [4.78, 5) is 39.3. The molecule has 1 aliphatic carbocycles. The minimum absolute atomic E-state index is 0.0307. The van der Waals surface area contributed by atoms with Gasteiger partial charge in [-0.25, -0.2) is 0 Å². The van der Waals surface area contributed by atoms with E-state index in [4.69, 9.17) is 4.74 Å². The molecule has 0 bridgehead atoms. The summed E-state index contributed by atoms with van der Waals surface area (Å²) >= 11 is 0.